The Balaban J connectivity index is 2.68. The van der Waals surface area contributed by atoms with Crippen molar-refractivity contribution < 1.29 is 14.3 Å². The molecule has 4 nitrogen and oxygen atoms in total. The van der Waals surface area contributed by atoms with Crippen LogP contribution in [0.15, 0.2) is 18.2 Å². The van der Waals surface area contributed by atoms with Gasteiger partial charge in [-0.3, -0.25) is 0 Å². The summed E-state index contributed by atoms with van der Waals surface area (Å²) in [5, 5.41) is 3.50. The zero-order valence-corrected chi connectivity index (χ0v) is 10.9. The van der Waals surface area contributed by atoms with Gasteiger partial charge in [-0.15, -0.1) is 0 Å². The van der Waals surface area contributed by atoms with Crippen molar-refractivity contribution in [2.75, 3.05) is 19.0 Å². The normalized spacial score (nSPS) is 11.8. The summed E-state index contributed by atoms with van der Waals surface area (Å²) in [5.41, 5.74) is 0.747. The lowest BCUT2D eigenvalue weighted by molar-refractivity contribution is -0.143. The largest absolute Gasteiger partial charge is 0.495 e. The van der Waals surface area contributed by atoms with Crippen LogP contribution in [0.25, 0.3) is 0 Å². The van der Waals surface area contributed by atoms with E-state index in [2.05, 4.69) is 5.32 Å². The lowest BCUT2D eigenvalue weighted by Crippen LogP contribution is -2.28. The molecule has 94 valence electrons. The summed E-state index contributed by atoms with van der Waals surface area (Å²) in [4.78, 5) is 11.4. The summed E-state index contributed by atoms with van der Waals surface area (Å²) >= 11 is 5.97. The van der Waals surface area contributed by atoms with E-state index >= 15 is 0 Å². The van der Waals surface area contributed by atoms with Gasteiger partial charge in [0, 0.05) is 5.69 Å². The van der Waals surface area contributed by atoms with Gasteiger partial charge in [0.15, 0.2) is 0 Å². The number of halogens is 1. The van der Waals surface area contributed by atoms with Crippen LogP contribution in [-0.2, 0) is 9.53 Å². The summed E-state index contributed by atoms with van der Waals surface area (Å²) in [5.74, 6) is 0.306. The molecule has 0 saturated carbocycles. The fourth-order valence-corrected chi connectivity index (χ4v) is 1.59. The first-order valence-electron chi connectivity index (χ1n) is 5.35. The van der Waals surface area contributed by atoms with Gasteiger partial charge in [-0.1, -0.05) is 11.6 Å². The molecule has 0 aliphatic rings. The van der Waals surface area contributed by atoms with E-state index in [1.54, 1.807) is 39.2 Å². The Morgan fingerprint density at radius 1 is 1.53 bits per heavy atom. The van der Waals surface area contributed by atoms with E-state index in [4.69, 9.17) is 21.1 Å². The molecule has 1 atom stereocenters. The third-order valence-electron chi connectivity index (χ3n) is 2.18. The zero-order chi connectivity index (χ0) is 12.8. The Kier molecular flexibility index (Phi) is 5.10. The van der Waals surface area contributed by atoms with Crippen molar-refractivity contribution >= 4 is 23.3 Å². The number of esters is 1. The molecule has 0 bridgehead atoms. The molecule has 5 heteroatoms. The van der Waals surface area contributed by atoms with Gasteiger partial charge >= 0.3 is 5.97 Å². The first-order chi connectivity index (χ1) is 8.08. The highest BCUT2D eigenvalue weighted by Gasteiger charge is 2.13. The highest BCUT2D eigenvalue weighted by atomic mass is 35.5. The molecule has 0 aromatic heterocycles. The average molecular weight is 258 g/mol. The molecule has 1 aromatic carbocycles. The third kappa shape index (κ3) is 3.82. The maximum absolute atomic E-state index is 11.4. The van der Waals surface area contributed by atoms with Gasteiger partial charge in [-0.2, -0.15) is 0 Å². The average Bonchev–Trinajstić information content (AvgIpc) is 2.29. The van der Waals surface area contributed by atoms with Crippen molar-refractivity contribution in [3.63, 3.8) is 0 Å². The van der Waals surface area contributed by atoms with E-state index in [1.165, 1.54) is 0 Å². The Labute approximate surface area is 106 Å². The van der Waals surface area contributed by atoms with Crippen molar-refractivity contribution in [3.05, 3.63) is 23.2 Å². The molecular formula is C12H16ClNO3. The Hall–Kier alpha value is -1.42. The fraction of sp³-hybridized carbons (Fsp3) is 0.417. The standard InChI is InChI=1S/C12H16ClNO3/c1-4-17-12(15)8(2)14-9-5-6-11(16-3)10(13)7-9/h5-8,14H,4H2,1-3H3. The highest BCUT2D eigenvalue weighted by molar-refractivity contribution is 6.32. The molecular weight excluding hydrogens is 242 g/mol. The minimum Gasteiger partial charge on any atom is -0.495 e. The van der Waals surface area contributed by atoms with E-state index in [1.807, 2.05) is 0 Å². The lowest BCUT2D eigenvalue weighted by Gasteiger charge is -2.14. The zero-order valence-electron chi connectivity index (χ0n) is 10.1. The highest BCUT2D eigenvalue weighted by Crippen LogP contribution is 2.27. The van der Waals surface area contributed by atoms with Crippen LogP contribution in [0.3, 0.4) is 0 Å². The number of benzene rings is 1. The molecule has 17 heavy (non-hydrogen) atoms. The van der Waals surface area contributed by atoms with Gasteiger partial charge < -0.3 is 14.8 Å². The molecule has 1 aromatic rings. The predicted molar refractivity (Wildman–Crippen MR) is 67.7 cm³/mol. The SMILES string of the molecule is CCOC(=O)C(C)Nc1ccc(OC)c(Cl)c1. The van der Waals surface area contributed by atoms with Crippen molar-refractivity contribution in [3.8, 4) is 5.75 Å². The van der Waals surface area contributed by atoms with E-state index in [9.17, 15) is 4.79 Å². The summed E-state index contributed by atoms with van der Waals surface area (Å²) in [7, 11) is 1.55. The minimum absolute atomic E-state index is 0.292. The second kappa shape index (κ2) is 6.35. The molecule has 0 spiro atoms. The summed E-state index contributed by atoms with van der Waals surface area (Å²) in [6, 6.07) is 4.82. The molecule has 0 aliphatic heterocycles. The Bertz CT molecular complexity index is 395. The van der Waals surface area contributed by atoms with Gasteiger partial charge in [0.25, 0.3) is 0 Å². The second-order valence-corrected chi connectivity index (χ2v) is 3.87. The molecule has 0 radical (unpaired) electrons. The van der Waals surface area contributed by atoms with E-state index in [0.29, 0.717) is 17.4 Å². The minimum atomic E-state index is -0.417. The third-order valence-corrected chi connectivity index (χ3v) is 2.47. The molecule has 0 saturated heterocycles. The number of anilines is 1. The van der Waals surface area contributed by atoms with Gasteiger partial charge in [-0.25, -0.2) is 4.79 Å². The van der Waals surface area contributed by atoms with Gasteiger partial charge in [0.2, 0.25) is 0 Å². The quantitative estimate of drug-likeness (QED) is 0.824. The van der Waals surface area contributed by atoms with Crippen molar-refractivity contribution in [2.45, 2.75) is 19.9 Å². The summed E-state index contributed by atoms with van der Waals surface area (Å²) < 4.78 is 9.93. The molecule has 1 unspecified atom stereocenters. The number of ether oxygens (including phenoxy) is 2. The number of rotatable bonds is 5. The van der Waals surface area contributed by atoms with Crippen LogP contribution in [0.1, 0.15) is 13.8 Å². The van der Waals surface area contributed by atoms with E-state index in [0.717, 1.165) is 5.69 Å². The van der Waals surface area contributed by atoms with Crippen LogP contribution in [0.2, 0.25) is 5.02 Å². The fourth-order valence-electron chi connectivity index (χ4n) is 1.33. The molecule has 0 heterocycles. The topological polar surface area (TPSA) is 47.6 Å². The van der Waals surface area contributed by atoms with Gasteiger partial charge in [0.1, 0.15) is 11.8 Å². The first-order valence-corrected chi connectivity index (χ1v) is 5.73. The van der Waals surface area contributed by atoms with Crippen LogP contribution in [-0.4, -0.2) is 25.7 Å². The Morgan fingerprint density at radius 3 is 2.76 bits per heavy atom. The maximum atomic E-state index is 11.4. The van der Waals surface area contributed by atoms with Gasteiger partial charge in [0.05, 0.1) is 18.7 Å². The molecule has 1 rings (SSSR count). The number of hydrogen-bond donors (Lipinski definition) is 1. The lowest BCUT2D eigenvalue weighted by atomic mass is 10.2. The van der Waals surface area contributed by atoms with Gasteiger partial charge in [-0.05, 0) is 32.0 Å². The van der Waals surface area contributed by atoms with Crippen LogP contribution < -0.4 is 10.1 Å². The predicted octanol–water partition coefficient (Wildman–Crippen LogP) is 2.71. The number of hydrogen-bond acceptors (Lipinski definition) is 4. The van der Waals surface area contributed by atoms with Crippen molar-refractivity contribution in [1.82, 2.24) is 0 Å². The molecule has 0 amide bonds. The molecule has 0 aliphatic carbocycles. The van der Waals surface area contributed by atoms with Crippen LogP contribution in [0, 0.1) is 0 Å². The van der Waals surface area contributed by atoms with E-state index in [-0.39, 0.29) is 5.97 Å². The number of methoxy groups -OCH3 is 1. The maximum Gasteiger partial charge on any atom is 0.328 e. The van der Waals surface area contributed by atoms with Crippen LogP contribution in [0.5, 0.6) is 5.75 Å². The van der Waals surface area contributed by atoms with E-state index < -0.39 is 6.04 Å². The monoisotopic (exact) mass is 257 g/mol. The number of nitrogens with one attached hydrogen (secondary N) is 1. The molecule has 1 N–H and O–H groups in total. The van der Waals surface area contributed by atoms with Crippen molar-refractivity contribution in [2.24, 2.45) is 0 Å². The summed E-state index contributed by atoms with van der Waals surface area (Å²) in [6.45, 7) is 3.87. The molecule has 0 fully saturated rings. The number of carbonyl (C=O) groups is 1. The smallest absolute Gasteiger partial charge is 0.328 e. The Morgan fingerprint density at radius 2 is 2.24 bits per heavy atom. The number of carbonyl (C=O) groups excluding carboxylic acids is 1. The van der Waals surface area contributed by atoms with Crippen molar-refractivity contribution in [1.29, 1.82) is 0 Å². The second-order valence-electron chi connectivity index (χ2n) is 3.47. The summed E-state index contributed by atoms with van der Waals surface area (Å²) in [6.07, 6.45) is 0. The first kappa shape index (κ1) is 13.6. The van der Waals surface area contributed by atoms with Crippen LogP contribution >= 0.6 is 11.6 Å². The van der Waals surface area contributed by atoms with Crippen LogP contribution in [0.4, 0.5) is 5.69 Å².